The molecule has 114 valence electrons. The molecule has 0 spiro atoms. The molecule has 0 aliphatic carbocycles. The van der Waals surface area contributed by atoms with Gasteiger partial charge in [-0.25, -0.2) is 9.29 Å². The van der Waals surface area contributed by atoms with Gasteiger partial charge in [0.2, 0.25) is 0 Å². The van der Waals surface area contributed by atoms with Gasteiger partial charge in [-0.15, -0.1) is 0 Å². The van der Waals surface area contributed by atoms with Crippen LogP contribution >= 0.6 is 24.0 Å². The third kappa shape index (κ3) is 3.23. The van der Waals surface area contributed by atoms with Gasteiger partial charge < -0.3 is 0 Å². The molecular weight excluding hydrogens is 333 g/mol. The summed E-state index contributed by atoms with van der Waals surface area (Å²) < 4.78 is 13.4. The highest BCUT2D eigenvalue weighted by atomic mass is 32.2. The second kappa shape index (κ2) is 6.44. The Morgan fingerprint density at radius 1 is 1.13 bits per heavy atom. The van der Waals surface area contributed by atoms with Crippen LogP contribution in [0.15, 0.2) is 59.5 Å². The molecule has 2 amide bonds. The molecule has 2 aromatic rings. The second-order valence-electron chi connectivity index (χ2n) is 4.74. The molecule has 2 aromatic carbocycles. The number of thioether (sulfide) groups is 1. The van der Waals surface area contributed by atoms with Crippen LogP contribution in [0.1, 0.15) is 15.9 Å². The molecule has 1 aliphatic rings. The zero-order chi connectivity index (χ0) is 16.4. The van der Waals surface area contributed by atoms with Crippen LogP contribution in [0, 0.1) is 5.82 Å². The summed E-state index contributed by atoms with van der Waals surface area (Å²) in [6.07, 6.45) is 1.53. The number of halogens is 1. The number of benzene rings is 2. The second-order valence-corrected chi connectivity index (χ2v) is 6.42. The third-order valence-electron chi connectivity index (χ3n) is 3.16. The maximum atomic E-state index is 13.2. The third-order valence-corrected chi connectivity index (χ3v) is 4.47. The average molecular weight is 343 g/mol. The Morgan fingerprint density at radius 3 is 2.57 bits per heavy atom. The van der Waals surface area contributed by atoms with E-state index >= 15 is 0 Å². The molecule has 0 saturated carbocycles. The Morgan fingerprint density at radius 2 is 1.87 bits per heavy atom. The lowest BCUT2D eigenvalue weighted by atomic mass is 10.2. The summed E-state index contributed by atoms with van der Waals surface area (Å²) in [5, 5.41) is 0. The fourth-order valence-corrected chi connectivity index (χ4v) is 3.35. The molecule has 23 heavy (non-hydrogen) atoms. The van der Waals surface area contributed by atoms with Crippen molar-refractivity contribution >= 4 is 46.2 Å². The van der Waals surface area contributed by atoms with E-state index in [0.717, 1.165) is 16.7 Å². The molecule has 0 atom stereocenters. The van der Waals surface area contributed by atoms with Crippen molar-refractivity contribution < 1.29 is 14.0 Å². The van der Waals surface area contributed by atoms with Gasteiger partial charge >= 0.3 is 0 Å². The molecule has 0 N–H and O–H groups in total. The summed E-state index contributed by atoms with van der Waals surface area (Å²) >= 11 is 6.18. The van der Waals surface area contributed by atoms with Gasteiger partial charge in [-0.2, -0.15) is 0 Å². The number of thiocarbonyl (C=S) groups is 1. The molecule has 0 unspecified atom stereocenters. The molecular formula is C17H10FNO2S2. The van der Waals surface area contributed by atoms with Gasteiger partial charge in [0.25, 0.3) is 11.8 Å². The number of carbonyl (C=O) groups excluding carboxylic acids is 2. The number of hydrogen-bond donors (Lipinski definition) is 0. The molecule has 6 heteroatoms. The van der Waals surface area contributed by atoms with E-state index in [1.165, 1.54) is 18.2 Å². The first-order chi connectivity index (χ1) is 11.1. The normalized spacial score (nSPS) is 16.2. The van der Waals surface area contributed by atoms with Gasteiger partial charge in [0.1, 0.15) is 5.82 Å². The van der Waals surface area contributed by atoms with Crippen LogP contribution in [-0.2, 0) is 4.79 Å². The van der Waals surface area contributed by atoms with Crippen molar-refractivity contribution in [2.75, 3.05) is 0 Å². The first-order valence-corrected chi connectivity index (χ1v) is 7.91. The van der Waals surface area contributed by atoms with Crippen LogP contribution in [0.3, 0.4) is 0 Å². The maximum Gasteiger partial charge on any atom is 0.273 e. The SMILES string of the molecule is O=C1/C(=C\c2cccc(F)c2)SC(=S)N1C(=O)c1ccccc1. The smallest absolute Gasteiger partial charge is 0.268 e. The Bertz CT molecular complexity index is 833. The largest absolute Gasteiger partial charge is 0.273 e. The van der Waals surface area contributed by atoms with E-state index in [1.54, 1.807) is 42.5 Å². The number of amides is 2. The minimum Gasteiger partial charge on any atom is -0.268 e. The summed E-state index contributed by atoms with van der Waals surface area (Å²) in [6.45, 7) is 0. The lowest BCUT2D eigenvalue weighted by molar-refractivity contribution is -0.120. The van der Waals surface area contributed by atoms with Crippen LogP contribution in [0.5, 0.6) is 0 Å². The monoisotopic (exact) mass is 343 g/mol. The van der Waals surface area contributed by atoms with E-state index in [2.05, 4.69) is 0 Å². The predicted octanol–water partition coefficient (Wildman–Crippen LogP) is 3.87. The van der Waals surface area contributed by atoms with Gasteiger partial charge in [0.05, 0.1) is 4.91 Å². The lowest BCUT2D eigenvalue weighted by Gasteiger charge is -2.12. The minimum absolute atomic E-state index is 0.173. The molecule has 0 bridgehead atoms. The van der Waals surface area contributed by atoms with Crippen molar-refractivity contribution in [2.24, 2.45) is 0 Å². The van der Waals surface area contributed by atoms with Gasteiger partial charge in [0, 0.05) is 5.56 Å². The van der Waals surface area contributed by atoms with Gasteiger partial charge in [0.15, 0.2) is 4.32 Å². The van der Waals surface area contributed by atoms with Gasteiger partial charge in [-0.05, 0) is 35.9 Å². The van der Waals surface area contributed by atoms with Crippen molar-refractivity contribution in [3.8, 4) is 0 Å². The van der Waals surface area contributed by atoms with E-state index < -0.39 is 17.6 Å². The number of hydrogen-bond acceptors (Lipinski definition) is 4. The van der Waals surface area contributed by atoms with Gasteiger partial charge in [-0.3, -0.25) is 9.59 Å². The summed E-state index contributed by atoms with van der Waals surface area (Å²) in [6, 6.07) is 14.3. The number of nitrogens with zero attached hydrogens (tertiary/aromatic N) is 1. The fraction of sp³-hybridized carbons (Fsp3) is 0. The topological polar surface area (TPSA) is 37.4 Å². The van der Waals surface area contributed by atoms with E-state index in [1.807, 2.05) is 0 Å². The van der Waals surface area contributed by atoms with Crippen molar-refractivity contribution in [3.63, 3.8) is 0 Å². The zero-order valence-corrected chi connectivity index (χ0v) is 13.4. The van der Waals surface area contributed by atoms with Crippen LogP contribution in [0.25, 0.3) is 6.08 Å². The van der Waals surface area contributed by atoms with Gasteiger partial charge in [-0.1, -0.05) is 54.3 Å². The Hall–Kier alpha value is -2.31. The van der Waals surface area contributed by atoms with Crippen LogP contribution in [0.4, 0.5) is 4.39 Å². The molecule has 1 saturated heterocycles. The first kappa shape index (κ1) is 15.6. The molecule has 0 aromatic heterocycles. The summed E-state index contributed by atoms with van der Waals surface area (Å²) in [7, 11) is 0. The molecule has 1 fully saturated rings. The lowest BCUT2D eigenvalue weighted by Crippen LogP contribution is -2.34. The number of rotatable bonds is 2. The quantitative estimate of drug-likeness (QED) is 0.471. The number of imide groups is 1. The standard InChI is InChI=1S/C17H10FNO2S2/c18-13-8-4-5-11(9-13)10-14-16(21)19(17(22)23-14)15(20)12-6-2-1-3-7-12/h1-10H/b14-10+. The average Bonchev–Trinajstić information content (AvgIpc) is 2.81. The van der Waals surface area contributed by atoms with Crippen molar-refractivity contribution in [2.45, 2.75) is 0 Å². The highest BCUT2D eigenvalue weighted by molar-refractivity contribution is 8.26. The van der Waals surface area contributed by atoms with Crippen molar-refractivity contribution in [1.29, 1.82) is 0 Å². The minimum atomic E-state index is -0.488. The highest BCUT2D eigenvalue weighted by Gasteiger charge is 2.37. The number of carbonyl (C=O) groups is 2. The van der Waals surface area contributed by atoms with Crippen LogP contribution in [-0.4, -0.2) is 21.0 Å². The molecule has 1 aliphatic heterocycles. The Labute approximate surface area is 141 Å². The summed E-state index contributed by atoms with van der Waals surface area (Å²) in [4.78, 5) is 26.2. The Balaban J connectivity index is 1.90. The van der Waals surface area contributed by atoms with Crippen LogP contribution < -0.4 is 0 Å². The summed E-state index contributed by atoms with van der Waals surface area (Å²) in [5.41, 5.74) is 0.925. The Kier molecular flexibility index (Phi) is 4.36. The maximum absolute atomic E-state index is 13.2. The van der Waals surface area contributed by atoms with E-state index in [9.17, 15) is 14.0 Å². The highest BCUT2D eigenvalue weighted by Crippen LogP contribution is 2.33. The van der Waals surface area contributed by atoms with Crippen molar-refractivity contribution in [1.82, 2.24) is 4.90 Å². The molecule has 1 heterocycles. The zero-order valence-electron chi connectivity index (χ0n) is 11.7. The van der Waals surface area contributed by atoms with Crippen molar-refractivity contribution in [3.05, 3.63) is 76.4 Å². The molecule has 3 rings (SSSR count). The van der Waals surface area contributed by atoms with Crippen LogP contribution in [0.2, 0.25) is 0 Å². The predicted molar refractivity (Wildman–Crippen MR) is 92.2 cm³/mol. The summed E-state index contributed by atoms with van der Waals surface area (Å²) in [5.74, 6) is -1.34. The first-order valence-electron chi connectivity index (χ1n) is 6.69. The molecule has 3 nitrogen and oxygen atoms in total. The van der Waals surface area contributed by atoms with E-state index in [-0.39, 0.29) is 4.32 Å². The fourth-order valence-electron chi connectivity index (χ4n) is 2.10. The molecule has 0 radical (unpaired) electrons. The van der Waals surface area contributed by atoms with E-state index in [0.29, 0.717) is 16.0 Å². The van der Waals surface area contributed by atoms with E-state index in [4.69, 9.17) is 12.2 Å².